The number of nitro groups is 1. The lowest BCUT2D eigenvalue weighted by atomic mass is 10.2. The molecule has 6 heteroatoms. The highest BCUT2D eigenvalue weighted by molar-refractivity contribution is 5.61. The Balaban J connectivity index is 2.02. The Morgan fingerprint density at radius 3 is 2.50 bits per heavy atom. The van der Waals surface area contributed by atoms with E-state index < -0.39 is 10.7 Å². The number of nitro benzene ring substituents is 1. The average Bonchev–Trinajstić information content (AvgIpc) is 2.52. The fourth-order valence-electron chi connectivity index (χ4n) is 2.01. The van der Waals surface area contributed by atoms with Crippen LogP contribution < -0.4 is 10.6 Å². The van der Waals surface area contributed by atoms with Gasteiger partial charge in [-0.15, -0.1) is 0 Å². The fourth-order valence-corrected chi connectivity index (χ4v) is 2.01. The highest BCUT2D eigenvalue weighted by Gasteiger charge is 2.14. The zero-order valence-corrected chi connectivity index (χ0v) is 12.3. The number of halogens is 1. The summed E-state index contributed by atoms with van der Waals surface area (Å²) >= 11 is 0. The molecule has 0 radical (unpaired) electrons. The minimum absolute atomic E-state index is 0.263. The molecular formula is C16H18FN3O2. The van der Waals surface area contributed by atoms with E-state index in [-0.39, 0.29) is 5.69 Å². The molecule has 0 aliphatic heterocycles. The van der Waals surface area contributed by atoms with Crippen molar-refractivity contribution in [3.05, 3.63) is 64.0 Å². The molecular weight excluding hydrogens is 285 g/mol. The molecule has 2 rings (SSSR count). The number of benzene rings is 2. The van der Waals surface area contributed by atoms with Crippen LogP contribution in [0.25, 0.3) is 0 Å². The predicted molar refractivity (Wildman–Crippen MR) is 85.6 cm³/mol. The summed E-state index contributed by atoms with van der Waals surface area (Å²) in [6.07, 6.45) is 1.05. The van der Waals surface area contributed by atoms with Gasteiger partial charge in [0.1, 0.15) is 11.5 Å². The van der Waals surface area contributed by atoms with Gasteiger partial charge in [-0.25, -0.2) is 4.39 Å². The Labute approximate surface area is 128 Å². The molecule has 0 amide bonds. The minimum Gasteiger partial charge on any atom is -0.385 e. The van der Waals surface area contributed by atoms with Crippen molar-refractivity contribution in [3.8, 4) is 0 Å². The topological polar surface area (TPSA) is 67.2 Å². The average molecular weight is 303 g/mol. The summed E-state index contributed by atoms with van der Waals surface area (Å²) in [5.74, 6) is -0.622. The van der Waals surface area contributed by atoms with Crippen LogP contribution in [0.15, 0.2) is 42.5 Å². The number of nitrogens with zero attached hydrogens (tertiary/aromatic N) is 1. The van der Waals surface area contributed by atoms with Gasteiger partial charge in [0.25, 0.3) is 5.69 Å². The Hall–Kier alpha value is -2.63. The monoisotopic (exact) mass is 303 g/mol. The molecule has 0 saturated heterocycles. The van der Waals surface area contributed by atoms with Gasteiger partial charge in [0, 0.05) is 18.8 Å². The van der Waals surface area contributed by atoms with Gasteiger partial charge in [-0.05, 0) is 36.2 Å². The van der Waals surface area contributed by atoms with Gasteiger partial charge in [0.15, 0.2) is 0 Å². The molecule has 2 aromatic carbocycles. The molecule has 5 nitrogen and oxygen atoms in total. The van der Waals surface area contributed by atoms with Gasteiger partial charge in [0.05, 0.1) is 11.0 Å². The van der Waals surface area contributed by atoms with Gasteiger partial charge < -0.3 is 10.6 Å². The Bertz CT molecular complexity index is 644. The Morgan fingerprint density at radius 2 is 1.86 bits per heavy atom. The third-order valence-electron chi connectivity index (χ3n) is 3.17. The minimum atomic E-state index is -0.622. The summed E-state index contributed by atoms with van der Waals surface area (Å²) in [5.41, 5.74) is 2.07. The molecule has 0 unspecified atom stereocenters. The predicted octanol–water partition coefficient (Wildman–Crippen LogP) is 4.17. The van der Waals surface area contributed by atoms with Crippen molar-refractivity contribution in [2.75, 3.05) is 17.2 Å². The van der Waals surface area contributed by atoms with Crippen molar-refractivity contribution in [3.63, 3.8) is 0 Å². The van der Waals surface area contributed by atoms with Crippen LogP contribution in [-0.2, 0) is 6.54 Å². The van der Waals surface area contributed by atoms with Crippen molar-refractivity contribution in [1.29, 1.82) is 0 Å². The molecule has 2 N–H and O–H groups in total. The largest absolute Gasteiger partial charge is 0.385 e. The third kappa shape index (κ3) is 4.18. The Kier molecular flexibility index (Phi) is 5.30. The zero-order valence-electron chi connectivity index (χ0n) is 12.3. The van der Waals surface area contributed by atoms with Crippen LogP contribution in [0.3, 0.4) is 0 Å². The molecule has 0 saturated carbocycles. The van der Waals surface area contributed by atoms with Crippen LogP contribution in [0.5, 0.6) is 0 Å². The lowest BCUT2D eigenvalue weighted by molar-refractivity contribution is -0.384. The number of rotatable bonds is 7. The summed E-state index contributed by atoms with van der Waals surface area (Å²) in [6, 6.07) is 11.3. The summed E-state index contributed by atoms with van der Waals surface area (Å²) in [7, 11) is 0. The van der Waals surface area contributed by atoms with Gasteiger partial charge in [-0.3, -0.25) is 10.1 Å². The molecule has 0 spiro atoms. The SMILES string of the molecule is CCCNc1ccc(CNc2ccc(F)cc2[N+](=O)[O-])cc1. The summed E-state index contributed by atoms with van der Waals surface area (Å²) in [6.45, 7) is 3.45. The zero-order chi connectivity index (χ0) is 15.9. The lowest BCUT2D eigenvalue weighted by Gasteiger charge is -2.09. The van der Waals surface area contributed by atoms with E-state index in [1.54, 1.807) is 0 Å². The van der Waals surface area contributed by atoms with Crippen LogP contribution in [0.4, 0.5) is 21.5 Å². The van der Waals surface area contributed by atoms with Crippen molar-refractivity contribution in [1.82, 2.24) is 0 Å². The molecule has 0 fully saturated rings. The van der Waals surface area contributed by atoms with Gasteiger partial charge in [0.2, 0.25) is 0 Å². The van der Waals surface area contributed by atoms with E-state index in [4.69, 9.17) is 0 Å². The van der Waals surface area contributed by atoms with Gasteiger partial charge in [-0.2, -0.15) is 0 Å². The number of hydrogen-bond donors (Lipinski definition) is 2. The molecule has 0 bridgehead atoms. The second-order valence-electron chi connectivity index (χ2n) is 4.90. The van der Waals surface area contributed by atoms with Crippen molar-refractivity contribution in [2.24, 2.45) is 0 Å². The molecule has 0 heterocycles. The van der Waals surface area contributed by atoms with E-state index in [1.807, 2.05) is 24.3 Å². The van der Waals surface area contributed by atoms with Crippen LogP contribution in [-0.4, -0.2) is 11.5 Å². The highest BCUT2D eigenvalue weighted by atomic mass is 19.1. The van der Waals surface area contributed by atoms with E-state index in [9.17, 15) is 14.5 Å². The van der Waals surface area contributed by atoms with Crippen LogP contribution in [0.1, 0.15) is 18.9 Å². The van der Waals surface area contributed by atoms with Crippen LogP contribution in [0, 0.1) is 15.9 Å². The summed E-state index contributed by atoms with van der Waals surface area (Å²) < 4.78 is 13.1. The van der Waals surface area contributed by atoms with E-state index in [2.05, 4.69) is 17.6 Å². The van der Waals surface area contributed by atoms with E-state index in [1.165, 1.54) is 12.1 Å². The third-order valence-corrected chi connectivity index (χ3v) is 3.17. The number of nitrogens with one attached hydrogen (secondary N) is 2. The van der Waals surface area contributed by atoms with E-state index in [0.29, 0.717) is 12.2 Å². The molecule has 0 aliphatic carbocycles. The normalized spacial score (nSPS) is 10.3. The first-order chi connectivity index (χ1) is 10.6. The second kappa shape index (κ2) is 7.40. The fraction of sp³-hybridized carbons (Fsp3) is 0.250. The molecule has 22 heavy (non-hydrogen) atoms. The van der Waals surface area contributed by atoms with Crippen LogP contribution in [0.2, 0.25) is 0 Å². The van der Waals surface area contributed by atoms with E-state index in [0.717, 1.165) is 30.3 Å². The van der Waals surface area contributed by atoms with Crippen molar-refractivity contribution >= 4 is 17.1 Å². The van der Waals surface area contributed by atoms with Gasteiger partial charge in [-0.1, -0.05) is 19.1 Å². The smallest absolute Gasteiger partial charge is 0.295 e. The standard InChI is InChI=1S/C16H18FN3O2/c1-2-9-18-14-6-3-12(4-7-14)11-19-15-8-5-13(17)10-16(15)20(21)22/h3-8,10,18-19H,2,9,11H2,1H3. The van der Waals surface area contributed by atoms with Crippen LogP contribution >= 0.6 is 0 Å². The Morgan fingerprint density at radius 1 is 1.14 bits per heavy atom. The molecule has 0 atom stereocenters. The van der Waals surface area contributed by atoms with Gasteiger partial charge >= 0.3 is 0 Å². The molecule has 116 valence electrons. The van der Waals surface area contributed by atoms with E-state index >= 15 is 0 Å². The first kappa shape index (κ1) is 15.8. The second-order valence-corrected chi connectivity index (χ2v) is 4.90. The molecule has 0 aliphatic rings. The quantitative estimate of drug-likeness (QED) is 0.595. The maximum Gasteiger partial charge on any atom is 0.295 e. The first-order valence-corrected chi connectivity index (χ1v) is 7.10. The van der Waals surface area contributed by atoms with Crippen molar-refractivity contribution < 1.29 is 9.31 Å². The maximum absolute atomic E-state index is 13.1. The lowest BCUT2D eigenvalue weighted by Crippen LogP contribution is -2.04. The molecule has 2 aromatic rings. The molecule has 0 aromatic heterocycles. The number of hydrogen-bond acceptors (Lipinski definition) is 4. The maximum atomic E-state index is 13.1. The van der Waals surface area contributed by atoms with Crippen molar-refractivity contribution in [2.45, 2.75) is 19.9 Å². The summed E-state index contributed by atoms with van der Waals surface area (Å²) in [5, 5.41) is 17.2. The summed E-state index contributed by atoms with van der Waals surface area (Å²) in [4.78, 5) is 10.3. The number of anilines is 2. The highest BCUT2D eigenvalue weighted by Crippen LogP contribution is 2.25. The first-order valence-electron chi connectivity index (χ1n) is 7.10.